The van der Waals surface area contributed by atoms with Gasteiger partial charge >= 0.3 is 5.97 Å². The molecule has 0 radical (unpaired) electrons. The van der Waals surface area contributed by atoms with E-state index in [2.05, 4.69) is 0 Å². The Bertz CT molecular complexity index is 936. The number of carboxylic acid groups (broad SMARTS) is 1. The summed E-state index contributed by atoms with van der Waals surface area (Å²) in [5.41, 5.74) is 1.61. The second kappa shape index (κ2) is 6.32. The molecule has 3 rings (SSSR count). The Morgan fingerprint density at radius 1 is 1.04 bits per heavy atom. The van der Waals surface area contributed by atoms with Gasteiger partial charge in [0.25, 0.3) is 0 Å². The third-order valence-electron chi connectivity index (χ3n) is 3.44. The first kappa shape index (κ1) is 14.8. The Balaban J connectivity index is 2.07. The van der Waals surface area contributed by atoms with E-state index in [-0.39, 0.29) is 11.8 Å². The van der Waals surface area contributed by atoms with Gasteiger partial charge in [0.1, 0.15) is 11.3 Å². The van der Waals surface area contributed by atoms with Crippen LogP contribution in [0.25, 0.3) is 23.1 Å². The first-order chi connectivity index (χ1) is 11.1. The second-order valence-corrected chi connectivity index (χ2v) is 5.12. The minimum atomic E-state index is -0.967. The number of carbonyl (C=O) groups is 1. The van der Waals surface area contributed by atoms with Gasteiger partial charge in [-0.2, -0.15) is 0 Å². The topological polar surface area (TPSA) is 67.5 Å². The summed E-state index contributed by atoms with van der Waals surface area (Å²) in [4.78, 5) is 23.2. The van der Waals surface area contributed by atoms with Gasteiger partial charge in [-0.15, -0.1) is 0 Å². The van der Waals surface area contributed by atoms with Crippen LogP contribution in [-0.4, -0.2) is 11.1 Å². The van der Waals surface area contributed by atoms with Crippen LogP contribution in [0.15, 0.2) is 63.8 Å². The molecule has 4 heteroatoms. The van der Waals surface area contributed by atoms with Gasteiger partial charge in [0.05, 0.1) is 11.8 Å². The zero-order valence-corrected chi connectivity index (χ0v) is 12.2. The third kappa shape index (κ3) is 3.37. The fourth-order valence-electron chi connectivity index (χ4n) is 2.38. The number of aliphatic carboxylic acids is 1. The summed E-state index contributed by atoms with van der Waals surface area (Å²) in [5.74, 6) is -0.574. The normalized spacial score (nSPS) is 11.1. The minimum absolute atomic E-state index is 0.188. The maximum Gasteiger partial charge on any atom is 0.307 e. The molecule has 1 aromatic heterocycles. The molecular weight excluding hydrogens is 292 g/mol. The van der Waals surface area contributed by atoms with Crippen LogP contribution in [0.4, 0.5) is 0 Å². The number of hydrogen-bond acceptors (Lipinski definition) is 3. The van der Waals surface area contributed by atoms with Crippen molar-refractivity contribution in [3.63, 3.8) is 0 Å². The molecule has 2 aromatic carbocycles. The van der Waals surface area contributed by atoms with Crippen molar-refractivity contribution in [2.24, 2.45) is 0 Å². The maximum absolute atomic E-state index is 12.2. The molecule has 0 saturated carbocycles. The van der Waals surface area contributed by atoms with E-state index < -0.39 is 5.97 Å². The molecule has 4 nitrogen and oxygen atoms in total. The van der Waals surface area contributed by atoms with Crippen LogP contribution >= 0.6 is 0 Å². The van der Waals surface area contributed by atoms with Crippen LogP contribution in [0.2, 0.25) is 0 Å². The van der Waals surface area contributed by atoms with Crippen molar-refractivity contribution in [2.75, 3.05) is 0 Å². The van der Waals surface area contributed by atoms with Crippen molar-refractivity contribution in [1.82, 2.24) is 0 Å². The van der Waals surface area contributed by atoms with Gasteiger partial charge < -0.3 is 9.52 Å². The summed E-state index contributed by atoms with van der Waals surface area (Å²) >= 11 is 0. The zero-order chi connectivity index (χ0) is 16.2. The van der Waals surface area contributed by atoms with Gasteiger partial charge in [0, 0.05) is 11.6 Å². The summed E-state index contributed by atoms with van der Waals surface area (Å²) in [6.45, 7) is 0. The molecule has 1 heterocycles. The van der Waals surface area contributed by atoms with Crippen LogP contribution in [-0.2, 0) is 11.2 Å². The Kier molecular flexibility index (Phi) is 4.06. The zero-order valence-electron chi connectivity index (χ0n) is 12.2. The molecule has 0 unspecified atom stereocenters. The Morgan fingerprint density at radius 3 is 2.57 bits per heavy atom. The quantitative estimate of drug-likeness (QED) is 0.800. The van der Waals surface area contributed by atoms with E-state index in [4.69, 9.17) is 9.52 Å². The molecule has 0 aliphatic rings. The predicted octanol–water partition coefficient (Wildman–Crippen LogP) is 3.59. The fraction of sp³-hybridized carbons (Fsp3) is 0.0526. The van der Waals surface area contributed by atoms with Gasteiger partial charge in [-0.1, -0.05) is 48.5 Å². The summed E-state index contributed by atoms with van der Waals surface area (Å²) in [6.07, 6.45) is 3.35. The number of rotatable bonds is 4. The van der Waals surface area contributed by atoms with Crippen molar-refractivity contribution in [3.05, 3.63) is 81.7 Å². The van der Waals surface area contributed by atoms with Crippen molar-refractivity contribution in [1.29, 1.82) is 0 Å². The summed E-state index contributed by atoms with van der Waals surface area (Å²) in [6, 6.07) is 16.0. The Labute approximate surface area is 132 Å². The fourth-order valence-corrected chi connectivity index (χ4v) is 2.38. The first-order valence-electron chi connectivity index (χ1n) is 7.14. The van der Waals surface area contributed by atoms with Crippen molar-refractivity contribution in [2.45, 2.75) is 6.42 Å². The molecule has 0 aliphatic heterocycles. The molecule has 23 heavy (non-hydrogen) atoms. The maximum atomic E-state index is 12.2. The molecule has 3 aromatic rings. The van der Waals surface area contributed by atoms with E-state index in [1.165, 1.54) is 6.07 Å². The van der Waals surface area contributed by atoms with E-state index >= 15 is 0 Å². The summed E-state index contributed by atoms with van der Waals surface area (Å²) in [5, 5.41) is 9.37. The average Bonchev–Trinajstić information content (AvgIpc) is 2.54. The minimum Gasteiger partial charge on any atom is -0.481 e. The lowest BCUT2D eigenvalue weighted by molar-refractivity contribution is -0.136. The molecule has 114 valence electrons. The Hall–Kier alpha value is -3.14. The van der Waals surface area contributed by atoms with Crippen LogP contribution in [0.5, 0.6) is 0 Å². The highest BCUT2D eigenvalue weighted by Gasteiger charge is 2.10. The molecule has 0 bridgehead atoms. The lowest BCUT2D eigenvalue weighted by Crippen LogP contribution is -2.05. The van der Waals surface area contributed by atoms with Crippen molar-refractivity contribution in [3.8, 4) is 0 Å². The molecule has 0 spiro atoms. The van der Waals surface area contributed by atoms with Gasteiger partial charge in [0.2, 0.25) is 0 Å². The molecule has 0 atom stereocenters. The standard InChI is InChI=1S/C19H14O4/c20-17-12-15(10-9-13-5-2-1-3-6-13)23-19-14(11-18(21)22)7-4-8-16(17)19/h1-10,12H,11H2,(H,21,22)/b10-9+. The molecule has 0 saturated heterocycles. The van der Waals surface area contributed by atoms with Crippen LogP contribution < -0.4 is 5.43 Å². The van der Waals surface area contributed by atoms with Gasteiger partial charge in [0.15, 0.2) is 5.43 Å². The van der Waals surface area contributed by atoms with Crippen LogP contribution in [0.3, 0.4) is 0 Å². The van der Waals surface area contributed by atoms with Crippen LogP contribution in [0, 0.1) is 0 Å². The van der Waals surface area contributed by atoms with E-state index in [0.717, 1.165) is 5.56 Å². The number of para-hydroxylation sites is 1. The molecular formula is C19H14O4. The number of carboxylic acids is 1. The molecule has 0 aliphatic carbocycles. The first-order valence-corrected chi connectivity index (χ1v) is 7.14. The van der Waals surface area contributed by atoms with Gasteiger partial charge in [-0.05, 0) is 17.7 Å². The summed E-state index contributed by atoms with van der Waals surface area (Å²) < 4.78 is 5.75. The lowest BCUT2D eigenvalue weighted by atomic mass is 10.1. The van der Waals surface area contributed by atoms with E-state index in [0.29, 0.717) is 22.3 Å². The highest BCUT2D eigenvalue weighted by molar-refractivity contribution is 5.84. The lowest BCUT2D eigenvalue weighted by Gasteiger charge is -2.04. The van der Waals surface area contributed by atoms with Gasteiger partial charge in [-0.25, -0.2) is 0 Å². The van der Waals surface area contributed by atoms with Crippen LogP contribution in [0.1, 0.15) is 16.9 Å². The largest absolute Gasteiger partial charge is 0.481 e. The molecule has 1 N–H and O–H groups in total. The highest BCUT2D eigenvalue weighted by Crippen LogP contribution is 2.19. The van der Waals surface area contributed by atoms with Crippen molar-refractivity contribution < 1.29 is 14.3 Å². The third-order valence-corrected chi connectivity index (χ3v) is 3.44. The molecule has 0 fully saturated rings. The number of fused-ring (bicyclic) bond motifs is 1. The smallest absolute Gasteiger partial charge is 0.307 e. The highest BCUT2D eigenvalue weighted by atomic mass is 16.4. The Morgan fingerprint density at radius 2 is 1.83 bits per heavy atom. The monoisotopic (exact) mass is 306 g/mol. The number of hydrogen-bond donors (Lipinski definition) is 1. The van der Waals surface area contributed by atoms with E-state index in [9.17, 15) is 9.59 Å². The summed E-state index contributed by atoms with van der Waals surface area (Å²) in [7, 11) is 0. The average molecular weight is 306 g/mol. The second-order valence-electron chi connectivity index (χ2n) is 5.12. The molecule has 0 amide bonds. The van der Waals surface area contributed by atoms with E-state index in [1.54, 1.807) is 24.3 Å². The van der Waals surface area contributed by atoms with E-state index in [1.807, 2.05) is 36.4 Å². The van der Waals surface area contributed by atoms with Gasteiger partial charge in [-0.3, -0.25) is 9.59 Å². The van der Waals surface area contributed by atoms with Crippen molar-refractivity contribution >= 4 is 29.1 Å². The SMILES string of the molecule is O=C(O)Cc1cccc2c(=O)cc(/C=C/c3ccccc3)oc12. The predicted molar refractivity (Wildman–Crippen MR) is 89.2 cm³/mol. The number of benzene rings is 2.